The number of anilines is 1. The fourth-order valence-electron chi connectivity index (χ4n) is 9.68. The molecule has 4 heterocycles. The van der Waals surface area contributed by atoms with Crippen LogP contribution in [0.4, 0.5) is 18.9 Å². The minimum absolute atomic E-state index is 0.0269. The lowest BCUT2D eigenvalue weighted by molar-refractivity contribution is -0.120. The maximum absolute atomic E-state index is 14.3. The number of aromatic amines is 1. The molecule has 8 rings (SSSR count). The molecule has 5 aromatic rings. The van der Waals surface area contributed by atoms with Crippen LogP contribution in [0.1, 0.15) is 81.8 Å². The first-order valence-electron chi connectivity index (χ1n) is 25.0. The number of nitrogens with zero attached hydrogens (tertiary/aromatic N) is 5. The van der Waals surface area contributed by atoms with Crippen molar-refractivity contribution in [3.8, 4) is 11.5 Å². The zero-order valence-electron chi connectivity index (χ0n) is 42.6. The third-order valence-corrected chi connectivity index (χ3v) is 19.5. The molecule has 0 bridgehead atoms. The van der Waals surface area contributed by atoms with Gasteiger partial charge in [-0.15, -0.1) is 0 Å². The first-order valence-corrected chi connectivity index (χ1v) is 30.2. The number of sulfone groups is 1. The summed E-state index contributed by atoms with van der Waals surface area (Å²) in [4.78, 5) is 38.1. The van der Waals surface area contributed by atoms with Crippen molar-refractivity contribution in [3.63, 3.8) is 0 Å². The fraction of sp³-hybridized carbons (Fsp3) is 0.453. The Morgan fingerprint density at radius 2 is 1.63 bits per heavy atom. The Bertz CT molecular complexity index is 3330. The van der Waals surface area contributed by atoms with E-state index in [0.29, 0.717) is 67.0 Å². The van der Waals surface area contributed by atoms with Gasteiger partial charge in [-0.3, -0.25) is 14.5 Å². The maximum Gasteiger partial charge on any atom is 0.501 e. The van der Waals surface area contributed by atoms with Gasteiger partial charge in [0.15, 0.2) is 0 Å². The van der Waals surface area contributed by atoms with Gasteiger partial charge < -0.3 is 19.5 Å². The van der Waals surface area contributed by atoms with E-state index >= 15 is 0 Å². The van der Waals surface area contributed by atoms with Crippen LogP contribution in [-0.4, -0.2) is 122 Å². The molecule has 2 aromatic heterocycles. The molecule has 0 unspecified atom stereocenters. The van der Waals surface area contributed by atoms with Crippen molar-refractivity contribution < 1.29 is 48.5 Å². The molecule has 75 heavy (non-hydrogen) atoms. The third-order valence-electron chi connectivity index (χ3n) is 14.2. The number of nitrogens with one attached hydrogen (secondary N) is 2. The first kappa shape index (κ1) is 55.9. The van der Waals surface area contributed by atoms with E-state index in [1.54, 1.807) is 51.2 Å². The predicted octanol–water partition coefficient (Wildman–Crippen LogP) is 9.74. The number of fused-ring (bicyclic) bond motifs is 1. The topological polar surface area (TPSA) is 192 Å². The van der Waals surface area contributed by atoms with Crippen LogP contribution >= 0.6 is 11.6 Å². The Kier molecular flexibility index (Phi) is 16.6. The molecule has 2 saturated heterocycles. The van der Waals surface area contributed by atoms with E-state index in [2.05, 4.69) is 50.1 Å². The van der Waals surface area contributed by atoms with Gasteiger partial charge in [0.2, 0.25) is 0 Å². The van der Waals surface area contributed by atoms with Crippen molar-refractivity contribution in [2.75, 3.05) is 68.8 Å². The molecule has 2 amide bonds. The van der Waals surface area contributed by atoms with Gasteiger partial charge in [0.05, 0.1) is 31.3 Å². The molecule has 2 fully saturated rings. The van der Waals surface area contributed by atoms with Gasteiger partial charge in [-0.25, -0.2) is 30.8 Å². The van der Waals surface area contributed by atoms with Crippen LogP contribution in [0.2, 0.25) is 5.02 Å². The van der Waals surface area contributed by atoms with E-state index in [1.165, 1.54) is 29.0 Å². The number of ether oxygens (including phenoxy) is 1. The number of carbonyl (C=O) groups is 2. The summed E-state index contributed by atoms with van der Waals surface area (Å²) in [5.41, 5.74) is -0.851. The zero-order chi connectivity index (χ0) is 54.1. The summed E-state index contributed by atoms with van der Waals surface area (Å²) in [5, 5.41) is 1.39. The highest BCUT2D eigenvalue weighted by molar-refractivity contribution is 7.94. The largest absolute Gasteiger partial charge is 0.501 e. The molecule has 0 spiro atoms. The second-order valence-electron chi connectivity index (χ2n) is 20.9. The molecule has 1 aliphatic carbocycles. The van der Waals surface area contributed by atoms with Gasteiger partial charge >= 0.3 is 5.51 Å². The number of aromatic nitrogens is 2. The Morgan fingerprint density at radius 1 is 0.920 bits per heavy atom. The predicted molar refractivity (Wildman–Crippen MR) is 286 cm³/mol. The van der Waals surface area contributed by atoms with Gasteiger partial charge in [0, 0.05) is 91.6 Å². The van der Waals surface area contributed by atoms with Gasteiger partial charge in [0.25, 0.3) is 31.7 Å². The molecule has 2 aliphatic heterocycles. The van der Waals surface area contributed by atoms with Crippen molar-refractivity contribution in [2.45, 2.75) is 82.0 Å². The number of pyridine rings is 1. The summed E-state index contributed by atoms with van der Waals surface area (Å²) < 4.78 is 122. The maximum atomic E-state index is 14.3. The number of hydrogen-bond acceptors (Lipinski definition) is 12. The SMILES string of the molecule is CC(C)C(=O)N=S1(=O)CCN(CC[C@H](C)Cc2ccc(S(=O)(=O)NC(=O)c3ccc(N4CCN(CC5=C(c6ccc(Cl)cc6)CC(C)(C)CC5)CC4)cc3Oc3cnc4[nH]ccc4c3)cc2S(=O)(=O)C(F)(F)F)CC1. The van der Waals surface area contributed by atoms with E-state index in [1.807, 2.05) is 21.8 Å². The van der Waals surface area contributed by atoms with E-state index in [4.69, 9.17) is 16.3 Å². The number of rotatable bonds is 16. The molecule has 0 radical (unpaired) electrons. The number of carbonyl (C=O) groups excluding carboxylic acids is 2. The Hall–Kier alpha value is -5.32. The number of piperazine rings is 1. The molecule has 404 valence electrons. The van der Waals surface area contributed by atoms with Crippen LogP contribution in [0.15, 0.2) is 105 Å². The normalized spacial score (nSPS) is 18.3. The quantitative estimate of drug-likeness (QED) is 0.0953. The second-order valence-corrected chi connectivity index (χ2v) is 27.5. The lowest BCUT2D eigenvalue weighted by Gasteiger charge is -2.39. The third kappa shape index (κ3) is 13.4. The van der Waals surface area contributed by atoms with Gasteiger partial charge in [0.1, 0.15) is 17.1 Å². The summed E-state index contributed by atoms with van der Waals surface area (Å²) in [6.07, 6.45) is 6.42. The van der Waals surface area contributed by atoms with Crippen LogP contribution in [-0.2, 0) is 40.8 Å². The Labute approximate surface area is 442 Å². The number of hydrogen-bond donors (Lipinski definition) is 2. The highest BCUT2D eigenvalue weighted by atomic mass is 35.5. The summed E-state index contributed by atoms with van der Waals surface area (Å²) in [5.74, 6) is -1.78. The van der Waals surface area contributed by atoms with E-state index in [0.717, 1.165) is 51.0 Å². The summed E-state index contributed by atoms with van der Waals surface area (Å²) in [6, 6.07) is 18.6. The molecule has 1 atom stereocenters. The second kappa shape index (κ2) is 22.3. The first-order chi connectivity index (χ1) is 35.3. The summed E-state index contributed by atoms with van der Waals surface area (Å²) >= 11 is 6.24. The van der Waals surface area contributed by atoms with E-state index < -0.39 is 56.7 Å². The molecule has 3 aromatic carbocycles. The minimum Gasteiger partial charge on any atom is -0.455 e. The van der Waals surface area contributed by atoms with Gasteiger partial charge in [-0.2, -0.15) is 17.5 Å². The number of H-pyrrole nitrogens is 1. The monoisotopic (exact) mass is 1110 g/mol. The standard InChI is InChI=1S/C53H63ClF3N7O8S3/c1-35(2)50(65)60-73(67)26-24-62(25-27-73)19-16-36(3)28-38-8-12-44(31-48(38)74(68,69)53(55,56)57)75(70,71)61-51(66)45-13-11-42(30-47(45)72-43-29-39-15-18-58-49(39)59-33-43)64-22-20-63(21-23-64)34-40-14-17-52(4,5)32-46(40)37-6-9-41(54)10-7-37/h6-13,15,18,29-31,33,35-36H,14,16-17,19-28,32,34H2,1-5H3,(H,58,59)(H,61,66)/t36-/m0/s1. The molecule has 15 nitrogen and oxygen atoms in total. The smallest absolute Gasteiger partial charge is 0.455 e. The van der Waals surface area contributed by atoms with Crippen molar-refractivity contribution in [2.24, 2.45) is 21.6 Å². The number of alkyl halides is 3. The lowest BCUT2D eigenvalue weighted by atomic mass is 9.72. The van der Waals surface area contributed by atoms with Crippen LogP contribution < -0.4 is 14.4 Å². The fourth-order valence-corrected chi connectivity index (χ4v) is 13.9. The van der Waals surface area contributed by atoms with Crippen molar-refractivity contribution in [1.29, 1.82) is 0 Å². The van der Waals surface area contributed by atoms with Crippen LogP contribution in [0.3, 0.4) is 0 Å². The highest BCUT2D eigenvalue weighted by Crippen LogP contribution is 2.44. The molecule has 0 saturated carbocycles. The number of sulfonamides is 1. The molecular weight excluding hydrogens is 1050 g/mol. The number of allylic oxidation sites excluding steroid dienone is 1. The van der Waals surface area contributed by atoms with Crippen LogP contribution in [0.5, 0.6) is 11.5 Å². The number of benzene rings is 3. The number of amides is 2. The molecule has 22 heteroatoms. The van der Waals surface area contributed by atoms with Gasteiger partial charge in [-0.05, 0) is 115 Å². The van der Waals surface area contributed by atoms with E-state index in [-0.39, 0.29) is 57.8 Å². The number of halogens is 4. The average Bonchev–Trinajstić information content (AvgIpc) is 3.82. The Balaban J connectivity index is 0.993. The van der Waals surface area contributed by atoms with Gasteiger partial charge in [-0.1, -0.05) is 70.0 Å². The lowest BCUT2D eigenvalue weighted by Crippen LogP contribution is -2.47. The summed E-state index contributed by atoms with van der Waals surface area (Å²) in [6.45, 7) is 14.4. The average molecular weight is 1110 g/mol. The Morgan fingerprint density at radius 3 is 2.31 bits per heavy atom. The molecule has 3 aliphatic rings. The van der Waals surface area contributed by atoms with Crippen LogP contribution in [0.25, 0.3) is 16.6 Å². The zero-order valence-corrected chi connectivity index (χ0v) is 45.8. The van der Waals surface area contributed by atoms with Crippen molar-refractivity contribution in [1.82, 2.24) is 24.5 Å². The molecular formula is C53H63ClF3N7O8S3. The summed E-state index contributed by atoms with van der Waals surface area (Å²) in [7, 11) is -13.8. The van der Waals surface area contributed by atoms with Crippen molar-refractivity contribution >= 4 is 75.3 Å². The van der Waals surface area contributed by atoms with Crippen LogP contribution in [0, 0.1) is 17.3 Å². The molecule has 2 N–H and O–H groups in total. The van der Waals surface area contributed by atoms with Crippen molar-refractivity contribution in [3.05, 3.63) is 112 Å². The highest BCUT2D eigenvalue weighted by Gasteiger charge is 2.48. The minimum atomic E-state index is -6.08. The van der Waals surface area contributed by atoms with E-state index in [9.17, 15) is 43.8 Å².